The molecule has 3 aromatic rings. The van der Waals surface area contributed by atoms with Crippen molar-refractivity contribution < 1.29 is 23.0 Å². The Morgan fingerprint density at radius 3 is 2.52 bits per heavy atom. The van der Waals surface area contributed by atoms with E-state index in [0.717, 1.165) is 60.2 Å². The normalized spacial score (nSPS) is 15.8. The van der Waals surface area contributed by atoms with Crippen LogP contribution in [0.5, 0.6) is 10.9 Å². The molecular weight excluding hydrogens is 401 g/mol. The predicted molar refractivity (Wildman–Crippen MR) is 106 cm³/mol. The number of thiazole rings is 1. The minimum Gasteiger partial charge on any atom is -0.406 e. The smallest absolute Gasteiger partial charge is 0.406 e. The van der Waals surface area contributed by atoms with Crippen molar-refractivity contribution in [1.82, 2.24) is 4.98 Å². The second-order valence-electron chi connectivity index (χ2n) is 7.26. The zero-order valence-electron chi connectivity index (χ0n) is 15.6. The van der Waals surface area contributed by atoms with E-state index in [9.17, 15) is 18.3 Å². The average molecular weight is 421 g/mol. The van der Waals surface area contributed by atoms with E-state index in [1.807, 2.05) is 18.2 Å². The van der Waals surface area contributed by atoms with Crippen molar-refractivity contribution in [2.75, 3.05) is 18.0 Å². The van der Waals surface area contributed by atoms with Crippen molar-refractivity contribution in [1.29, 1.82) is 0 Å². The number of fused-ring (bicyclic) bond motifs is 1. The molecule has 0 bridgehead atoms. The summed E-state index contributed by atoms with van der Waals surface area (Å²) in [5.41, 5.74) is 2.83. The van der Waals surface area contributed by atoms with Crippen molar-refractivity contribution in [2.45, 2.75) is 32.0 Å². The number of benzene rings is 2. The monoisotopic (exact) mass is 421 g/mol. The zero-order chi connectivity index (χ0) is 20.4. The van der Waals surface area contributed by atoms with Gasteiger partial charge in [0.05, 0.1) is 10.4 Å². The number of halogens is 3. The van der Waals surface area contributed by atoms with E-state index in [-0.39, 0.29) is 10.9 Å². The predicted octanol–water partition coefficient (Wildman–Crippen LogP) is 6.19. The molecule has 0 saturated carbocycles. The lowest BCUT2D eigenvalue weighted by molar-refractivity contribution is -0.274. The van der Waals surface area contributed by atoms with Crippen LogP contribution in [-0.4, -0.2) is 24.4 Å². The largest absolute Gasteiger partial charge is 0.573 e. The molecule has 2 aromatic carbocycles. The summed E-state index contributed by atoms with van der Waals surface area (Å²) in [5.74, 6) is 0.383. The fourth-order valence-electron chi connectivity index (χ4n) is 3.86. The molecule has 8 heteroatoms. The first-order valence-corrected chi connectivity index (χ1v) is 10.4. The van der Waals surface area contributed by atoms with Crippen LogP contribution in [0.4, 0.5) is 18.9 Å². The number of alkyl halides is 3. The molecular formula is C21H20F3N2O2S. The third-order valence-electron chi connectivity index (χ3n) is 5.33. The minimum absolute atomic E-state index is 0.158. The summed E-state index contributed by atoms with van der Waals surface area (Å²) in [5, 5.41) is 11.5. The van der Waals surface area contributed by atoms with Crippen LogP contribution in [-0.2, 0) is 11.5 Å². The fraction of sp³-hybridized carbons (Fsp3) is 0.381. The van der Waals surface area contributed by atoms with Gasteiger partial charge in [0, 0.05) is 13.1 Å². The zero-order valence-corrected chi connectivity index (χ0v) is 16.4. The maximum Gasteiger partial charge on any atom is 0.573 e. The Kier molecular flexibility index (Phi) is 5.54. The number of hydrogen-bond acceptors (Lipinski definition) is 4. The molecule has 153 valence electrons. The SMILES string of the molecule is [O]c1nc2c(N3CCC(CCc4ccc(OC(F)(F)F)cc4)CC3)cccc2s1. The van der Waals surface area contributed by atoms with Gasteiger partial charge in [0.2, 0.25) is 0 Å². The number of nitrogens with zero attached hydrogens (tertiary/aromatic N) is 2. The number of hydrogen-bond donors (Lipinski definition) is 0. The van der Waals surface area contributed by atoms with Gasteiger partial charge in [0.1, 0.15) is 11.3 Å². The summed E-state index contributed by atoms with van der Waals surface area (Å²) < 4.78 is 41.5. The second-order valence-corrected chi connectivity index (χ2v) is 8.26. The lowest BCUT2D eigenvalue weighted by Crippen LogP contribution is -2.33. The molecule has 0 N–H and O–H groups in total. The van der Waals surface area contributed by atoms with E-state index >= 15 is 0 Å². The second kappa shape index (κ2) is 8.10. The Balaban J connectivity index is 1.30. The van der Waals surface area contributed by atoms with Crippen molar-refractivity contribution in [2.24, 2.45) is 5.92 Å². The van der Waals surface area contributed by atoms with Gasteiger partial charge in [-0.15, -0.1) is 13.2 Å². The van der Waals surface area contributed by atoms with Gasteiger partial charge in [0.25, 0.3) is 0 Å². The third kappa shape index (κ3) is 4.93. The van der Waals surface area contributed by atoms with E-state index in [2.05, 4.69) is 14.6 Å². The molecule has 0 aliphatic carbocycles. The highest BCUT2D eigenvalue weighted by Gasteiger charge is 2.31. The molecule has 2 heterocycles. The number of para-hydroxylation sites is 1. The standard InChI is InChI=1S/C21H20F3N2O2S/c22-21(23,24)28-16-8-6-14(7-9-16)4-5-15-10-12-26(13-11-15)17-2-1-3-18-19(17)25-20(27)29-18/h1-3,6-9,15H,4-5,10-13H2. The number of rotatable bonds is 5. The topological polar surface area (TPSA) is 45.3 Å². The lowest BCUT2D eigenvalue weighted by Gasteiger charge is -2.33. The summed E-state index contributed by atoms with van der Waals surface area (Å²) in [6.07, 6.45) is -0.745. The first-order valence-electron chi connectivity index (χ1n) is 9.53. The summed E-state index contributed by atoms with van der Waals surface area (Å²) >= 11 is 1.18. The number of aryl methyl sites for hydroxylation is 1. The quantitative estimate of drug-likeness (QED) is 0.494. The summed E-state index contributed by atoms with van der Waals surface area (Å²) in [7, 11) is 0. The van der Waals surface area contributed by atoms with Crippen molar-refractivity contribution >= 4 is 27.2 Å². The molecule has 4 nitrogen and oxygen atoms in total. The Bertz CT molecular complexity index is 964. The molecule has 0 atom stereocenters. The lowest BCUT2D eigenvalue weighted by atomic mass is 9.90. The molecule has 0 spiro atoms. The number of piperidine rings is 1. The maximum atomic E-state index is 12.2. The first-order chi connectivity index (χ1) is 13.9. The Hall–Kier alpha value is -2.48. The molecule has 0 amide bonds. The van der Waals surface area contributed by atoms with Crippen LogP contribution in [0.1, 0.15) is 24.8 Å². The molecule has 29 heavy (non-hydrogen) atoms. The maximum absolute atomic E-state index is 12.2. The van der Waals surface area contributed by atoms with Crippen molar-refractivity contribution in [3.63, 3.8) is 0 Å². The highest BCUT2D eigenvalue weighted by atomic mass is 32.1. The minimum atomic E-state index is -4.66. The van der Waals surface area contributed by atoms with Gasteiger partial charge in [-0.25, -0.2) is 0 Å². The van der Waals surface area contributed by atoms with Gasteiger partial charge in [-0.1, -0.05) is 29.5 Å². The summed E-state index contributed by atoms with van der Waals surface area (Å²) in [6.45, 7) is 1.82. The highest BCUT2D eigenvalue weighted by Crippen LogP contribution is 2.35. The van der Waals surface area contributed by atoms with Gasteiger partial charge in [-0.3, -0.25) is 5.11 Å². The van der Waals surface area contributed by atoms with E-state index in [1.165, 1.54) is 23.5 Å². The number of anilines is 1. The van der Waals surface area contributed by atoms with Crippen LogP contribution < -0.4 is 9.64 Å². The molecule has 1 aliphatic rings. The fourth-order valence-corrected chi connectivity index (χ4v) is 4.58. The van der Waals surface area contributed by atoms with Gasteiger partial charge in [0.15, 0.2) is 0 Å². The Morgan fingerprint density at radius 1 is 1.10 bits per heavy atom. The average Bonchev–Trinajstić information content (AvgIpc) is 3.07. The molecule has 1 fully saturated rings. The third-order valence-corrected chi connectivity index (χ3v) is 6.15. The van der Waals surface area contributed by atoms with Crippen LogP contribution in [0.15, 0.2) is 42.5 Å². The van der Waals surface area contributed by atoms with Crippen LogP contribution in [0, 0.1) is 5.92 Å². The number of aromatic nitrogens is 1. The Morgan fingerprint density at radius 2 is 1.83 bits per heavy atom. The van der Waals surface area contributed by atoms with E-state index < -0.39 is 6.36 Å². The molecule has 1 saturated heterocycles. The summed E-state index contributed by atoms with van der Waals surface area (Å²) in [6, 6.07) is 12.0. The molecule has 1 radical (unpaired) electrons. The summed E-state index contributed by atoms with van der Waals surface area (Å²) in [4.78, 5) is 6.45. The Labute approximate surface area is 170 Å². The van der Waals surface area contributed by atoms with Gasteiger partial charge in [-0.05, 0) is 61.4 Å². The molecule has 4 rings (SSSR count). The first kappa shape index (κ1) is 19.8. The van der Waals surface area contributed by atoms with E-state index in [4.69, 9.17) is 0 Å². The molecule has 0 unspecified atom stereocenters. The van der Waals surface area contributed by atoms with Crippen LogP contribution in [0.3, 0.4) is 0 Å². The van der Waals surface area contributed by atoms with Gasteiger partial charge < -0.3 is 9.64 Å². The van der Waals surface area contributed by atoms with E-state index in [0.29, 0.717) is 5.92 Å². The number of ether oxygens (including phenoxy) is 1. The van der Waals surface area contributed by atoms with E-state index in [1.54, 1.807) is 12.1 Å². The molecule has 1 aromatic heterocycles. The van der Waals surface area contributed by atoms with Crippen LogP contribution in [0.2, 0.25) is 0 Å². The molecule has 1 aliphatic heterocycles. The van der Waals surface area contributed by atoms with Crippen LogP contribution in [0.25, 0.3) is 10.2 Å². The van der Waals surface area contributed by atoms with Crippen molar-refractivity contribution in [3.8, 4) is 10.9 Å². The van der Waals surface area contributed by atoms with Gasteiger partial charge in [-0.2, -0.15) is 4.98 Å². The van der Waals surface area contributed by atoms with Crippen LogP contribution >= 0.6 is 11.3 Å². The van der Waals surface area contributed by atoms with Gasteiger partial charge >= 0.3 is 11.6 Å². The van der Waals surface area contributed by atoms with Crippen molar-refractivity contribution in [3.05, 3.63) is 48.0 Å². The highest BCUT2D eigenvalue weighted by molar-refractivity contribution is 7.20.